The van der Waals surface area contributed by atoms with Crippen molar-refractivity contribution in [3.05, 3.63) is 35.9 Å². The molecule has 92 valence electrons. The van der Waals surface area contributed by atoms with E-state index in [9.17, 15) is 9.59 Å². The number of hydrogen-bond acceptors (Lipinski definition) is 3. The fourth-order valence-corrected chi connectivity index (χ4v) is 1.29. The van der Waals surface area contributed by atoms with Crippen molar-refractivity contribution in [3.8, 4) is 0 Å². The summed E-state index contributed by atoms with van der Waals surface area (Å²) in [4.78, 5) is 23.7. The second-order valence-corrected chi connectivity index (χ2v) is 3.84. The lowest BCUT2D eigenvalue weighted by Crippen LogP contribution is -2.33. The van der Waals surface area contributed by atoms with Crippen LogP contribution >= 0.6 is 11.6 Å². The van der Waals surface area contributed by atoms with Crippen LogP contribution in [0.5, 0.6) is 0 Å². The zero-order valence-electron chi connectivity index (χ0n) is 9.56. The predicted molar refractivity (Wildman–Crippen MR) is 65.0 cm³/mol. The van der Waals surface area contributed by atoms with Gasteiger partial charge in [-0.05, 0) is 5.56 Å². The van der Waals surface area contributed by atoms with Crippen molar-refractivity contribution < 1.29 is 14.3 Å². The highest BCUT2D eigenvalue weighted by molar-refractivity contribution is 6.28. The molecule has 0 bridgehead atoms. The molecule has 0 radical (unpaired) electrons. The quantitative estimate of drug-likeness (QED) is 0.757. The first-order valence-electron chi connectivity index (χ1n) is 5.13. The summed E-state index contributed by atoms with van der Waals surface area (Å²) in [5.74, 6) is -0.318. The van der Waals surface area contributed by atoms with Crippen LogP contribution < -0.4 is 0 Å². The molecule has 0 spiro atoms. The molecule has 4 nitrogen and oxygen atoms in total. The number of amides is 1. The van der Waals surface area contributed by atoms with E-state index >= 15 is 0 Å². The first kappa shape index (κ1) is 13.5. The summed E-state index contributed by atoms with van der Waals surface area (Å²) < 4.78 is 5.03. The number of Topliss-reactive ketones (excluding diaryl/α,β-unsaturated/α-hetero) is 1. The summed E-state index contributed by atoms with van der Waals surface area (Å²) in [7, 11) is 1.50. The summed E-state index contributed by atoms with van der Waals surface area (Å²) in [5.41, 5.74) is 0.901. The van der Waals surface area contributed by atoms with Gasteiger partial charge < -0.3 is 9.64 Å². The molecule has 0 unspecified atom stereocenters. The normalized spacial score (nSPS) is 9.76. The molecule has 5 heteroatoms. The van der Waals surface area contributed by atoms with Crippen molar-refractivity contribution >= 4 is 23.5 Å². The van der Waals surface area contributed by atoms with E-state index in [4.69, 9.17) is 16.3 Å². The van der Waals surface area contributed by atoms with Crippen LogP contribution in [0, 0.1) is 0 Å². The molecule has 1 rings (SSSR count). The molecule has 0 aliphatic heterocycles. The van der Waals surface area contributed by atoms with Crippen LogP contribution in [0.25, 0.3) is 0 Å². The van der Waals surface area contributed by atoms with Gasteiger partial charge in [0, 0.05) is 7.05 Å². The van der Waals surface area contributed by atoms with Crippen molar-refractivity contribution in [1.29, 1.82) is 0 Å². The van der Waals surface area contributed by atoms with E-state index < -0.39 is 6.09 Å². The van der Waals surface area contributed by atoms with E-state index in [2.05, 4.69) is 0 Å². The molecule has 1 amide bonds. The Kier molecular flexibility index (Phi) is 5.49. The number of ether oxygens (including phenoxy) is 1. The van der Waals surface area contributed by atoms with Gasteiger partial charge in [0.1, 0.15) is 6.61 Å². The Hall–Kier alpha value is -1.55. The first-order valence-corrected chi connectivity index (χ1v) is 5.66. The van der Waals surface area contributed by atoms with Crippen molar-refractivity contribution in [1.82, 2.24) is 4.90 Å². The Balaban J connectivity index is 2.37. The summed E-state index contributed by atoms with van der Waals surface area (Å²) in [6.07, 6.45) is -0.535. The van der Waals surface area contributed by atoms with Crippen LogP contribution in [0.15, 0.2) is 30.3 Å². The Bertz CT molecular complexity index is 381. The number of likely N-dealkylation sites (N-methyl/N-ethyl adjacent to an activating group) is 1. The van der Waals surface area contributed by atoms with Crippen molar-refractivity contribution in [2.45, 2.75) is 6.61 Å². The molecule has 0 aliphatic carbocycles. The van der Waals surface area contributed by atoms with Gasteiger partial charge in [-0.2, -0.15) is 0 Å². The maximum atomic E-state index is 11.5. The summed E-state index contributed by atoms with van der Waals surface area (Å²) in [6.45, 7) is 0.163. The lowest BCUT2D eigenvalue weighted by molar-refractivity contribution is -0.117. The predicted octanol–water partition coefficient (Wildman–Crippen LogP) is 2.06. The minimum Gasteiger partial charge on any atom is -0.445 e. The first-order chi connectivity index (χ1) is 8.13. The SMILES string of the molecule is CN(CC(=O)CCl)C(=O)OCc1ccccc1. The Morgan fingerprint density at radius 2 is 1.94 bits per heavy atom. The van der Waals surface area contributed by atoms with Gasteiger partial charge in [0.05, 0.1) is 12.4 Å². The second-order valence-electron chi connectivity index (χ2n) is 3.57. The maximum absolute atomic E-state index is 11.5. The van der Waals surface area contributed by atoms with Crippen LogP contribution in [-0.4, -0.2) is 36.2 Å². The highest BCUT2D eigenvalue weighted by Gasteiger charge is 2.13. The van der Waals surface area contributed by atoms with Gasteiger partial charge in [-0.3, -0.25) is 4.79 Å². The fourth-order valence-electron chi connectivity index (χ4n) is 1.20. The van der Waals surface area contributed by atoms with Gasteiger partial charge in [-0.15, -0.1) is 11.6 Å². The van der Waals surface area contributed by atoms with Crippen LogP contribution in [0.4, 0.5) is 4.79 Å². The smallest absolute Gasteiger partial charge is 0.410 e. The molecule has 1 aromatic carbocycles. The zero-order chi connectivity index (χ0) is 12.7. The van der Waals surface area contributed by atoms with Crippen molar-refractivity contribution in [2.24, 2.45) is 0 Å². The van der Waals surface area contributed by atoms with Gasteiger partial charge in [0.15, 0.2) is 5.78 Å². The lowest BCUT2D eigenvalue weighted by atomic mass is 10.2. The number of carbonyl (C=O) groups excluding carboxylic acids is 2. The number of nitrogens with zero attached hydrogens (tertiary/aromatic N) is 1. The summed E-state index contributed by atoms with van der Waals surface area (Å²) in [5, 5.41) is 0. The van der Waals surface area contributed by atoms with Crippen LogP contribution in [0.3, 0.4) is 0 Å². The molecular formula is C12H14ClNO3. The average molecular weight is 256 g/mol. The molecule has 0 saturated heterocycles. The Morgan fingerprint density at radius 3 is 2.53 bits per heavy atom. The topological polar surface area (TPSA) is 46.6 Å². The summed E-state index contributed by atoms with van der Waals surface area (Å²) >= 11 is 5.35. The molecule has 0 N–H and O–H groups in total. The molecule has 0 heterocycles. The molecule has 0 aromatic heterocycles. The van der Waals surface area contributed by atoms with Gasteiger partial charge in [0.25, 0.3) is 0 Å². The molecule has 0 saturated carbocycles. The maximum Gasteiger partial charge on any atom is 0.410 e. The number of rotatable bonds is 5. The number of ketones is 1. The van der Waals surface area contributed by atoms with Crippen molar-refractivity contribution in [3.63, 3.8) is 0 Å². The summed E-state index contributed by atoms with van der Waals surface area (Å²) in [6, 6.07) is 9.33. The molecular weight excluding hydrogens is 242 g/mol. The van der Waals surface area contributed by atoms with Gasteiger partial charge in [-0.1, -0.05) is 30.3 Å². The van der Waals surface area contributed by atoms with E-state index in [1.807, 2.05) is 30.3 Å². The monoisotopic (exact) mass is 255 g/mol. The average Bonchev–Trinajstić information content (AvgIpc) is 2.36. The number of carbonyl (C=O) groups is 2. The lowest BCUT2D eigenvalue weighted by Gasteiger charge is -2.15. The number of hydrogen-bond donors (Lipinski definition) is 0. The van der Waals surface area contributed by atoms with E-state index in [1.165, 1.54) is 11.9 Å². The fraction of sp³-hybridized carbons (Fsp3) is 0.333. The molecule has 0 aliphatic rings. The van der Waals surface area contributed by atoms with Crippen LogP contribution in [0.1, 0.15) is 5.56 Å². The third-order valence-corrected chi connectivity index (χ3v) is 2.38. The zero-order valence-corrected chi connectivity index (χ0v) is 10.3. The minimum atomic E-state index is -0.535. The molecule has 0 fully saturated rings. The van der Waals surface area contributed by atoms with E-state index in [0.29, 0.717) is 0 Å². The van der Waals surface area contributed by atoms with Crippen LogP contribution in [-0.2, 0) is 16.1 Å². The largest absolute Gasteiger partial charge is 0.445 e. The van der Waals surface area contributed by atoms with Crippen LogP contribution in [0.2, 0.25) is 0 Å². The molecule has 17 heavy (non-hydrogen) atoms. The molecule has 0 atom stereocenters. The third kappa shape index (κ3) is 4.87. The number of benzene rings is 1. The van der Waals surface area contributed by atoms with Crippen molar-refractivity contribution in [2.75, 3.05) is 19.5 Å². The second kappa shape index (κ2) is 6.91. The van der Waals surface area contributed by atoms with Gasteiger partial charge >= 0.3 is 6.09 Å². The van der Waals surface area contributed by atoms with E-state index in [0.717, 1.165) is 5.56 Å². The van der Waals surface area contributed by atoms with Gasteiger partial charge in [0.2, 0.25) is 0 Å². The third-order valence-electron chi connectivity index (χ3n) is 2.08. The number of halogens is 1. The number of alkyl halides is 1. The molecule has 1 aromatic rings. The highest BCUT2D eigenvalue weighted by atomic mass is 35.5. The van der Waals surface area contributed by atoms with E-state index in [1.54, 1.807) is 0 Å². The van der Waals surface area contributed by atoms with Gasteiger partial charge in [-0.25, -0.2) is 4.79 Å². The highest BCUT2D eigenvalue weighted by Crippen LogP contribution is 2.02. The minimum absolute atomic E-state index is 0.0306. The standard InChI is InChI=1S/C12H14ClNO3/c1-14(8-11(15)7-13)12(16)17-9-10-5-3-2-4-6-10/h2-6H,7-9H2,1H3. The Labute approximate surface area is 105 Å². The van der Waals surface area contributed by atoms with E-state index in [-0.39, 0.29) is 24.8 Å². The Morgan fingerprint density at radius 1 is 1.29 bits per heavy atom.